The van der Waals surface area contributed by atoms with Crippen molar-refractivity contribution in [3.63, 3.8) is 0 Å². The zero-order chi connectivity index (χ0) is 11.4. The molecule has 1 aromatic heterocycles. The van der Waals surface area contributed by atoms with Gasteiger partial charge in [0.2, 0.25) is 0 Å². The van der Waals surface area contributed by atoms with Gasteiger partial charge in [-0.1, -0.05) is 11.6 Å². The summed E-state index contributed by atoms with van der Waals surface area (Å²) in [4.78, 5) is 4.12. The molecule has 84 valence electrons. The van der Waals surface area contributed by atoms with Gasteiger partial charge in [0.1, 0.15) is 5.82 Å². The second kappa shape index (κ2) is 5.82. The van der Waals surface area contributed by atoms with Crippen LogP contribution in [0.1, 0.15) is 6.92 Å². The van der Waals surface area contributed by atoms with Crippen LogP contribution in [0, 0.1) is 0 Å². The molecule has 0 amide bonds. The van der Waals surface area contributed by atoms with Gasteiger partial charge < -0.3 is 5.32 Å². The summed E-state index contributed by atoms with van der Waals surface area (Å²) in [6, 6.07) is 1.77. The fourth-order valence-electron chi connectivity index (χ4n) is 0.902. The van der Waals surface area contributed by atoms with E-state index in [0.717, 1.165) is 10.3 Å². The van der Waals surface area contributed by atoms with Crippen molar-refractivity contribution in [2.24, 2.45) is 0 Å². The predicted molar refractivity (Wildman–Crippen MR) is 69.0 cm³/mol. The van der Waals surface area contributed by atoms with Gasteiger partial charge in [0.25, 0.3) is 0 Å². The first-order valence-corrected chi connectivity index (χ1v) is 7.17. The van der Waals surface area contributed by atoms with Crippen molar-refractivity contribution in [1.82, 2.24) is 4.98 Å². The Morgan fingerprint density at radius 3 is 2.93 bits per heavy atom. The molecule has 0 aliphatic carbocycles. The number of hydrogen-bond acceptors (Lipinski definition) is 3. The van der Waals surface area contributed by atoms with Gasteiger partial charge >= 0.3 is 0 Å². The molecular weight excluding hydrogens is 300 g/mol. The SMILES string of the molecule is CC(CNc1ncc(Cl)cc1Br)S(C)=O. The third-order valence-electron chi connectivity index (χ3n) is 1.93. The Morgan fingerprint density at radius 2 is 2.40 bits per heavy atom. The van der Waals surface area contributed by atoms with Crippen LogP contribution in [0.3, 0.4) is 0 Å². The van der Waals surface area contributed by atoms with Crippen molar-refractivity contribution < 1.29 is 4.21 Å². The second-order valence-corrected chi connectivity index (χ2v) is 6.27. The number of aromatic nitrogens is 1. The minimum Gasteiger partial charge on any atom is -0.368 e. The lowest BCUT2D eigenvalue weighted by atomic mass is 10.4. The Hall–Kier alpha value is -0.130. The number of rotatable bonds is 4. The molecule has 0 fully saturated rings. The highest BCUT2D eigenvalue weighted by molar-refractivity contribution is 9.10. The third-order valence-corrected chi connectivity index (χ3v) is 4.04. The summed E-state index contributed by atoms with van der Waals surface area (Å²) in [6.45, 7) is 2.54. The van der Waals surface area contributed by atoms with Crippen LogP contribution in [0.25, 0.3) is 0 Å². The third kappa shape index (κ3) is 4.09. The number of nitrogens with one attached hydrogen (secondary N) is 1. The standard InChI is InChI=1S/C9H12BrClN2OS/c1-6(15(2)14)4-12-9-8(10)3-7(11)5-13-9/h3,5-6H,4H2,1-2H3,(H,12,13). The van der Waals surface area contributed by atoms with Gasteiger partial charge in [-0.3, -0.25) is 4.21 Å². The lowest BCUT2D eigenvalue weighted by Gasteiger charge is -2.11. The van der Waals surface area contributed by atoms with Crippen molar-refractivity contribution >= 4 is 44.1 Å². The van der Waals surface area contributed by atoms with Gasteiger partial charge in [0.15, 0.2) is 0 Å². The molecule has 2 atom stereocenters. The van der Waals surface area contributed by atoms with Crippen LogP contribution in [0.2, 0.25) is 5.02 Å². The predicted octanol–water partition coefficient (Wildman–Crippen LogP) is 2.68. The molecule has 2 unspecified atom stereocenters. The maximum Gasteiger partial charge on any atom is 0.140 e. The van der Waals surface area contributed by atoms with Crippen LogP contribution >= 0.6 is 27.5 Å². The Balaban J connectivity index is 2.62. The number of nitrogens with zero attached hydrogens (tertiary/aromatic N) is 1. The van der Waals surface area contributed by atoms with Crippen LogP contribution in [0.15, 0.2) is 16.7 Å². The summed E-state index contributed by atoms with van der Waals surface area (Å²) in [7, 11) is -0.827. The molecule has 1 heterocycles. The molecule has 0 saturated carbocycles. The summed E-state index contributed by atoms with van der Waals surface area (Å²) < 4.78 is 11.9. The monoisotopic (exact) mass is 310 g/mol. The molecule has 0 aromatic carbocycles. The number of anilines is 1. The summed E-state index contributed by atoms with van der Waals surface area (Å²) in [5, 5.41) is 3.79. The van der Waals surface area contributed by atoms with Gasteiger partial charge in [0.05, 0.1) is 9.50 Å². The molecule has 3 nitrogen and oxygen atoms in total. The van der Waals surface area contributed by atoms with E-state index in [0.29, 0.717) is 11.6 Å². The van der Waals surface area contributed by atoms with E-state index in [-0.39, 0.29) is 5.25 Å². The number of halogens is 2. The zero-order valence-electron chi connectivity index (χ0n) is 8.46. The van der Waals surface area contributed by atoms with Crippen molar-refractivity contribution in [3.05, 3.63) is 21.8 Å². The zero-order valence-corrected chi connectivity index (χ0v) is 11.6. The lowest BCUT2D eigenvalue weighted by Crippen LogP contribution is -2.21. The number of pyridine rings is 1. The van der Waals surface area contributed by atoms with E-state index in [9.17, 15) is 4.21 Å². The average Bonchev–Trinajstić information content (AvgIpc) is 2.15. The van der Waals surface area contributed by atoms with E-state index < -0.39 is 10.8 Å². The minimum absolute atomic E-state index is 0.0920. The molecule has 0 saturated heterocycles. The van der Waals surface area contributed by atoms with Crippen molar-refractivity contribution in [1.29, 1.82) is 0 Å². The number of hydrogen-bond donors (Lipinski definition) is 1. The highest BCUT2D eigenvalue weighted by atomic mass is 79.9. The molecule has 1 N–H and O–H groups in total. The second-order valence-electron chi connectivity index (χ2n) is 3.17. The molecule has 0 aliphatic rings. The van der Waals surface area contributed by atoms with Crippen LogP contribution in [0.4, 0.5) is 5.82 Å². The van der Waals surface area contributed by atoms with E-state index in [1.165, 1.54) is 0 Å². The fourth-order valence-corrected chi connectivity index (χ4v) is 2.00. The lowest BCUT2D eigenvalue weighted by molar-refractivity contribution is 0.678. The van der Waals surface area contributed by atoms with Gasteiger partial charge in [-0.2, -0.15) is 0 Å². The Kier molecular flexibility index (Phi) is 5.02. The molecular formula is C9H12BrClN2OS. The van der Waals surface area contributed by atoms with Crippen LogP contribution in [-0.2, 0) is 10.8 Å². The summed E-state index contributed by atoms with van der Waals surface area (Å²) in [5.74, 6) is 0.719. The summed E-state index contributed by atoms with van der Waals surface area (Å²) in [5.41, 5.74) is 0. The highest BCUT2D eigenvalue weighted by Gasteiger charge is 2.07. The summed E-state index contributed by atoms with van der Waals surface area (Å²) >= 11 is 9.11. The average molecular weight is 312 g/mol. The fraction of sp³-hybridized carbons (Fsp3) is 0.444. The van der Waals surface area contributed by atoms with Gasteiger partial charge in [-0.05, 0) is 28.9 Å². The quantitative estimate of drug-likeness (QED) is 0.929. The van der Waals surface area contributed by atoms with Gasteiger partial charge in [-0.15, -0.1) is 0 Å². The summed E-state index contributed by atoms with van der Waals surface area (Å²) in [6.07, 6.45) is 3.26. The van der Waals surface area contributed by atoms with Crippen molar-refractivity contribution in [3.8, 4) is 0 Å². The highest BCUT2D eigenvalue weighted by Crippen LogP contribution is 2.22. The first-order chi connectivity index (χ1) is 7.00. The first kappa shape index (κ1) is 12.9. The van der Waals surface area contributed by atoms with Crippen LogP contribution in [-0.4, -0.2) is 27.2 Å². The molecule has 0 bridgehead atoms. The Labute approximate surface area is 105 Å². The minimum atomic E-state index is -0.827. The molecule has 6 heteroatoms. The van der Waals surface area contributed by atoms with Gasteiger partial charge in [-0.25, -0.2) is 4.98 Å². The van der Waals surface area contributed by atoms with Crippen molar-refractivity contribution in [2.45, 2.75) is 12.2 Å². The maximum absolute atomic E-state index is 11.1. The molecule has 0 radical (unpaired) electrons. The largest absolute Gasteiger partial charge is 0.368 e. The molecule has 1 aromatic rings. The van der Waals surface area contributed by atoms with Crippen molar-refractivity contribution in [2.75, 3.05) is 18.1 Å². The van der Waals surface area contributed by atoms with E-state index in [4.69, 9.17) is 11.6 Å². The van der Waals surface area contributed by atoms with Gasteiger partial charge in [0, 0.05) is 35.0 Å². The molecule has 0 aliphatic heterocycles. The first-order valence-electron chi connectivity index (χ1n) is 4.38. The maximum atomic E-state index is 11.1. The molecule has 0 spiro atoms. The Bertz CT molecular complexity index is 375. The Morgan fingerprint density at radius 1 is 1.73 bits per heavy atom. The van der Waals surface area contributed by atoms with E-state index in [2.05, 4.69) is 26.2 Å². The normalized spacial score (nSPS) is 14.7. The topological polar surface area (TPSA) is 42.0 Å². The smallest absolute Gasteiger partial charge is 0.140 e. The van der Waals surface area contributed by atoms with Crippen LogP contribution < -0.4 is 5.32 Å². The van der Waals surface area contributed by atoms with E-state index in [1.54, 1.807) is 18.5 Å². The van der Waals surface area contributed by atoms with Crippen LogP contribution in [0.5, 0.6) is 0 Å². The van der Waals surface area contributed by atoms with E-state index >= 15 is 0 Å². The van der Waals surface area contributed by atoms with E-state index in [1.807, 2.05) is 6.92 Å². The molecule has 1 rings (SSSR count). The molecule has 15 heavy (non-hydrogen) atoms.